The molecule has 1 spiro atoms. The molecule has 0 amide bonds. The van der Waals surface area contributed by atoms with Gasteiger partial charge in [-0.05, 0) is 62.1 Å². The molecule has 1 fully saturated rings. The largest absolute Gasteiger partial charge is 0.487 e. The fraction of sp³-hybridized carbons (Fsp3) is 0.333. The fourth-order valence-corrected chi connectivity index (χ4v) is 4.59. The highest BCUT2D eigenvalue weighted by molar-refractivity contribution is 6.30. The summed E-state index contributed by atoms with van der Waals surface area (Å²) in [7, 11) is 0. The molecular weight excluding hydrogens is 365 g/mol. The molecular formula is C21H19ClFN3O. The Balaban J connectivity index is 1.58. The number of anilines is 1. The molecule has 0 radical (unpaired) electrons. The van der Waals surface area contributed by atoms with Crippen LogP contribution in [0.3, 0.4) is 0 Å². The minimum Gasteiger partial charge on any atom is -0.487 e. The van der Waals surface area contributed by atoms with Crippen LogP contribution in [0.1, 0.15) is 43.7 Å². The lowest BCUT2D eigenvalue weighted by Crippen LogP contribution is -2.40. The first-order valence-electron chi connectivity index (χ1n) is 9.27. The summed E-state index contributed by atoms with van der Waals surface area (Å²) < 4.78 is 20.2. The van der Waals surface area contributed by atoms with Crippen LogP contribution in [0, 0.1) is 5.82 Å². The van der Waals surface area contributed by atoms with Gasteiger partial charge in [0.15, 0.2) is 0 Å². The first-order chi connectivity index (χ1) is 13.1. The van der Waals surface area contributed by atoms with E-state index in [4.69, 9.17) is 16.3 Å². The Kier molecular flexibility index (Phi) is 3.93. The van der Waals surface area contributed by atoms with Gasteiger partial charge in [-0.3, -0.25) is 0 Å². The molecule has 1 N–H and O–H groups in total. The molecule has 0 unspecified atom stereocenters. The predicted molar refractivity (Wildman–Crippen MR) is 104 cm³/mol. The zero-order valence-corrected chi connectivity index (χ0v) is 15.5. The second kappa shape index (κ2) is 6.34. The van der Waals surface area contributed by atoms with Gasteiger partial charge in [0.1, 0.15) is 29.3 Å². The van der Waals surface area contributed by atoms with Gasteiger partial charge >= 0.3 is 0 Å². The normalized spacial score (nSPS) is 20.4. The number of ether oxygens (including phenoxy) is 1. The first kappa shape index (κ1) is 16.8. The minimum atomic E-state index is -0.303. The van der Waals surface area contributed by atoms with E-state index in [0.29, 0.717) is 21.7 Å². The third-order valence-electron chi connectivity index (χ3n) is 5.67. The summed E-state index contributed by atoms with van der Waals surface area (Å²) in [6.45, 7) is 0. The maximum absolute atomic E-state index is 13.8. The van der Waals surface area contributed by atoms with Crippen molar-refractivity contribution < 1.29 is 9.13 Å². The number of halogens is 2. The van der Waals surface area contributed by atoms with Crippen molar-refractivity contribution in [2.24, 2.45) is 0 Å². The van der Waals surface area contributed by atoms with Crippen LogP contribution in [0.4, 0.5) is 10.2 Å². The Morgan fingerprint density at radius 3 is 2.81 bits per heavy atom. The van der Waals surface area contributed by atoms with E-state index in [1.54, 1.807) is 6.07 Å². The molecule has 1 aliphatic carbocycles. The summed E-state index contributed by atoms with van der Waals surface area (Å²) in [4.78, 5) is 8.63. The fourth-order valence-electron chi connectivity index (χ4n) is 4.40. The van der Waals surface area contributed by atoms with E-state index in [9.17, 15) is 4.39 Å². The summed E-state index contributed by atoms with van der Waals surface area (Å²) in [6.07, 6.45) is 6.79. The van der Waals surface area contributed by atoms with Gasteiger partial charge in [-0.1, -0.05) is 11.6 Å². The molecule has 3 aromatic rings. The molecule has 2 aliphatic rings. The monoisotopic (exact) mass is 383 g/mol. The van der Waals surface area contributed by atoms with E-state index < -0.39 is 0 Å². The Morgan fingerprint density at radius 2 is 1.96 bits per heavy atom. The molecule has 1 saturated carbocycles. The lowest BCUT2D eigenvalue weighted by atomic mass is 9.86. The van der Waals surface area contributed by atoms with Gasteiger partial charge in [0.05, 0.1) is 11.6 Å². The molecule has 0 saturated heterocycles. The SMILES string of the molecule is Fc1ccc2ncnc(N[C@H]3CC4(CCCC4)Oc4ccc(Cl)cc43)c2c1. The number of benzene rings is 2. The van der Waals surface area contributed by atoms with Crippen molar-refractivity contribution in [1.82, 2.24) is 9.97 Å². The number of fused-ring (bicyclic) bond motifs is 2. The van der Waals surface area contributed by atoms with Crippen LogP contribution >= 0.6 is 11.6 Å². The van der Waals surface area contributed by atoms with E-state index in [2.05, 4.69) is 15.3 Å². The molecule has 0 bridgehead atoms. The number of hydrogen-bond donors (Lipinski definition) is 1. The van der Waals surface area contributed by atoms with Crippen LogP contribution in [0.5, 0.6) is 5.75 Å². The number of nitrogens with one attached hydrogen (secondary N) is 1. The van der Waals surface area contributed by atoms with Crippen LogP contribution in [-0.4, -0.2) is 15.6 Å². The molecule has 1 atom stereocenters. The predicted octanol–water partition coefficient (Wildman–Crippen LogP) is 5.67. The van der Waals surface area contributed by atoms with Crippen LogP contribution in [0.25, 0.3) is 10.9 Å². The second-order valence-electron chi connectivity index (χ2n) is 7.46. The quantitative estimate of drug-likeness (QED) is 0.619. The van der Waals surface area contributed by atoms with Crippen molar-refractivity contribution in [3.63, 3.8) is 0 Å². The molecule has 6 heteroatoms. The average molecular weight is 384 g/mol. The van der Waals surface area contributed by atoms with Crippen LogP contribution < -0.4 is 10.1 Å². The van der Waals surface area contributed by atoms with Gasteiger partial charge in [-0.15, -0.1) is 0 Å². The number of nitrogens with zero attached hydrogens (tertiary/aromatic N) is 2. The molecule has 27 heavy (non-hydrogen) atoms. The van der Waals surface area contributed by atoms with E-state index in [1.165, 1.54) is 31.3 Å². The van der Waals surface area contributed by atoms with E-state index in [-0.39, 0.29) is 17.5 Å². The van der Waals surface area contributed by atoms with Crippen LogP contribution in [0.15, 0.2) is 42.7 Å². The van der Waals surface area contributed by atoms with E-state index in [1.807, 2.05) is 18.2 Å². The van der Waals surface area contributed by atoms with Crippen LogP contribution in [0.2, 0.25) is 5.02 Å². The number of rotatable bonds is 2. The van der Waals surface area contributed by atoms with Crippen molar-refractivity contribution in [1.29, 1.82) is 0 Å². The molecule has 4 nitrogen and oxygen atoms in total. The van der Waals surface area contributed by atoms with Gasteiger partial charge in [0.2, 0.25) is 0 Å². The summed E-state index contributed by atoms with van der Waals surface area (Å²) >= 11 is 6.25. The standard InChI is InChI=1S/C21H19ClFN3O/c22-13-3-6-19-15(9-13)18(11-21(27-19)7-1-2-8-21)26-20-16-10-14(23)4-5-17(16)24-12-25-20/h3-6,9-10,12,18H,1-2,7-8,11H2,(H,24,25,26)/t18-/m0/s1. The van der Waals surface area contributed by atoms with Crippen molar-refractivity contribution in [3.8, 4) is 5.75 Å². The Morgan fingerprint density at radius 1 is 1.11 bits per heavy atom. The minimum absolute atomic E-state index is 0.00748. The summed E-state index contributed by atoms with van der Waals surface area (Å²) in [5, 5.41) is 4.87. The third-order valence-corrected chi connectivity index (χ3v) is 5.91. The van der Waals surface area contributed by atoms with Crippen molar-refractivity contribution in [2.45, 2.75) is 43.7 Å². The van der Waals surface area contributed by atoms with Gasteiger partial charge in [0.25, 0.3) is 0 Å². The zero-order chi connectivity index (χ0) is 18.4. The highest BCUT2D eigenvalue weighted by Gasteiger charge is 2.43. The molecule has 1 aromatic heterocycles. The van der Waals surface area contributed by atoms with Gasteiger partial charge in [0, 0.05) is 22.4 Å². The first-order valence-corrected chi connectivity index (χ1v) is 9.65. The lowest BCUT2D eigenvalue weighted by molar-refractivity contribution is 0.0453. The molecule has 138 valence electrons. The number of hydrogen-bond acceptors (Lipinski definition) is 4. The molecule has 2 heterocycles. The summed E-state index contributed by atoms with van der Waals surface area (Å²) in [5.74, 6) is 1.20. The van der Waals surface area contributed by atoms with Gasteiger partial charge < -0.3 is 10.1 Å². The molecule has 2 aromatic carbocycles. The summed E-state index contributed by atoms with van der Waals surface area (Å²) in [5.41, 5.74) is 1.58. The van der Waals surface area contributed by atoms with Gasteiger partial charge in [-0.2, -0.15) is 0 Å². The van der Waals surface area contributed by atoms with Crippen molar-refractivity contribution >= 4 is 28.3 Å². The Bertz CT molecular complexity index is 1020. The zero-order valence-electron chi connectivity index (χ0n) is 14.7. The van der Waals surface area contributed by atoms with E-state index in [0.717, 1.165) is 30.6 Å². The topological polar surface area (TPSA) is 47.0 Å². The lowest BCUT2D eigenvalue weighted by Gasteiger charge is -2.40. The summed E-state index contributed by atoms with van der Waals surface area (Å²) in [6, 6.07) is 10.3. The average Bonchev–Trinajstić information content (AvgIpc) is 3.10. The Labute approximate surface area is 161 Å². The highest BCUT2D eigenvalue weighted by atomic mass is 35.5. The van der Waals surface area contributed by atoms with Crippen LogP contribution in [-0.2, 0) is 0 Å². The maximum Gasteiger partial charge on any atom is 0.137 e. The smallest absolute Gasteiger partial charge is 0.137 e. The molecule has 1 aliphatic heterocycles. The van der Waals surface area contributed by atoms with E-state index >= 15 is 0 Å². The molecule has 5 rings (SSSR count). The highest BCUT2D eigenvalue weighted by Crippen LogP contribution is 2.48. The van der Waals surface area contributed by atoms with Gasteiger partial charge in [-0.25, -0.2) is 14.4 Å². The Hall–Kier alpha value is -2.40. The van der Waals surface area contributed by atoms with Crippen molar-refractivity contribution in [2.75, 3.05) is 5.32 Å². The van der Waals surface area contributed by atoms with Crippen molar-refractivity contribution in [3.05, 3.63) is 59.1 Å². The maximum atomic E-state index is 13.8. The second-order valence-corrected chi connectivity index (χ2v) is 7.90. The third kappa shape index (κ3) is 3.00. The number of aromatic nitrogens is 2.